The zero-order chi connectivity index (χ0) is 21.4. The van der Waals surface area contributed by atoms with Gasteiger partial charge in [0.05, 0.1) is 0 Å². The van der Waals surface area contributed by atoms with Crippen LogP contribution in [0, 0.1) is 52.8 Å². The van der Waals surface area contributed by atoms with Crippen LogP contribution in [-0.2, 0) is 0 Å². The molecule has 0 nitrogen and oxygen atoms in total. The van der Waals surface area contributed by atoms with Gasteiger partial charge in [0.2, 0.25) is 0 Å². The molecular formula is C27H56. The van der Waals surface area contributed by atoms with E-state index in [0.29, 0.717) is 5.41 Å². The zero-order valence-corrected chi connectivity index (χ0v) is 21.4. The highest BCUT2D eigenvalue weighted by Gasteiger charge is 2.34. The molecule has 0 bridgehead atoms. The minimum absolute atomic E-state index is 0.432. The molecule has 0 spiro atoms. The van der Waals surface area contributed by atoms with E-state index < -0.39 is 0 Å². The van der Waals surface area contributed by atoms with Crippen LogP contribution in [0.3, 0.4) is 0 Å². The Morgan fingerprint density at radius 1 is 0.630 bits per heavy atom. The molecular weight excluding hydrogens is 324 g/mol. The summed E-state index contributed by atoms with van der Waals surface area (Å²) in [6.45, 7) is 29.6. The third-order valence-electron chi connectivity index (χ3n) is 8.56. The summed E-state index contributed by atoms with van der Waals surface area (Å²) < 4.78 is 0. The normalized spacial score (nSPS) is 21.8. The highest BCUT2D eigenvalue weighted by molar-refractivity contribution is 4.84. The minimum atomic E-state index is 0.432. The molecule has 8 atom stereocenters. The molecule has 0 heterocycles. The van der Waals surface area contributed by atoms with Crippen LogP contribution in [0.25, 0.3) is 0 Å². The number of rotatable bonds is 14. The average molecular weight is 381 g/mol. The average Bonchev–Trinajstić information content (AvgIpc) is 2.58. The fourth-order valence-corrected chi connectivity index (χ4v) is 5.61. The molecule has 0 rings (SSSR count). The van der Waals surface area contributed by atoms with Gasteiger partial charge in [-0.05, 0) is 72.0 Å². The molecule has 0 heteroatoms. The van der Waals surface area contributed by atoms with Gasteiger partial charge in [0.1, 0.15) is 0 Å². The third-order valence-corrected chi connectivity index (χ3v) is 8.56. The summed E-state index contributed by atoms with van der Waals surface area (Å²) in [6, 6.07) is 0. The molecule has 0 aliphatic rings. The standard InChI is InChI=1S/C27H56/c1-13-15-22(6)23(7)17-19(3)16-20(4)18-27(11,12)26(10)25(9)24(8)21(5)14-2/h19-26H,13-18H2,1-12H3. The first-order valence-corrected chi connectivity index (χ1v) is 12.4. The van der Waals surface area contributed by atoms with E-state index in [-0.39, 0.29) is 0 Å². The van der Waals surface area contributed by atoms with E-state index in [2.05, 4.69) is 83.1 Å². The zero-order valence-electron chi connectivity index (χ0n) is 21.4. The van der Waals surface area contributed by atoms with Crippen LogP contribution in [0.5, 0.6) is 0 Å². The summed E-state index contributed by atoms with van der Waals surface area (Å²) in [5, 5.41) is 0. The van der Waals surface area contributed by atoms with E-state index in [0.717, 1.165) is 47.3 Å². The van der Waals surface area contributed by atoms with Gasteiger partial charge < -0.3 is 0 Å². The van der Waals surface area contributed by atoms with Gasteiger partial charge in [-0.1, -0.05) is 102 Å². The van der Waals surface area contributed by atoms with Gasteiger partial charge in [-0.25, -0.2) is 0 Å². The van der Waals surface area contributed by atoms with E-state index in [4.69, 9.17) is 0 Å². The van der Waals surface area contributed by atoms with Crippen LogP contribution in [0.15, 0.2) is 0 Å². The molecule has 0 aromatic rings. The summed E-state index contributed by atoms with van der Waals surface area (Å²) in [6.07, 6.45) is 8.20. The lowest BCUT2D eigenvalue weighted by Gasteiger charge is -2.41. The molecule has 0 aromatic heterocycles. The van der Waals surface area contributed by atoms with Crippen LogP contribution in [-0.4, -0.2) is 0 Å². The van der Waals surface area contributed by atoms with Gasteiger partial charge in [-0.3, -0.25) is 0 Å². The van der Waals surface area contributed by atoms with Crippen molar-refractivity contribution in [2.45, 2.75) is 122 Å². The lowest BCUT2D eigenvalue weighted by atomic mass is 9.64. The smallest absolute Gasteiger partial charge is 0.0323 e. The first-order chi connectivity index (χ1) is 12.4. The Balaban J connectivity index is 4.65. The molecule has 0 aliphatic carbocycles. The van der Waals surface area contributed by atoms with Crippen molar-refractivity contribution in [2.75, 3.05) is 0 Å². The quantitative estimate of drug-likeness (QED) is 0.281. The van der Waals surface area contributed by atoms with Crippen LogP contribution in [0.2, 0.25) is 0 Å². The van der Waals surface area contributed by atoms with Gasteiger partial charge in [-0.2, -0.15) is 0 Å². The maximum Gasteiger partial charge on any atom is -0.0323 e. The maximum atomic E-state index is 2.53. The van der Waals surface area contributed by atoms with Gasteiger partial charge in [0.25, 0.3) is 0 Å². The summed E-state index contributed by atoms with van der Waals surface area (Å²) in [5.74, 6) is 6.68. The molecule has 0 amide bonds. The van der Waals surface area contributed by atoms with Gasteiger partial charge in [0.15, 0.2) is 0 Å². The van der Waals surface area contributed by atoms with Crippen LogP contribution in [0.4, 0.5) is 0 Å². The molecule has 0 saturated heterocycles. The lowest BCUT2D eigenvalue weighted by molar-refractivity contribution is 0.0793. The second-order valence-electron chi connectivity index (χ2n) is 11.5. The first-order valence-electron chi connectivity index (χ1n) is 12.4. The van der Waals surface area contributed by atoms with Gasteiger partial charge in [-0.15, -0.1) is 0 Å². The summed E-state index contributed by atoms with van der Waals surface area (Å²) in [5.41, 5.74) is 0.432. The molecule has 164 valence electrons. The number of hydrogen-bond acceptors (Lipinski definition) is 0. The van der Waals surface area contributed by atoms with Crippen LogP contribution < -0.4 is 0 Å². The fourth-order valence-electron chi connectivity index (χ4n) is 5.61. The maximum absolute atomic E-state index is 2.53. The van der Waals surface area contributed by atoms with Crippen molar-refractivity contribution < 1.29 is 0 Å². The van der Waals surface area contributed by atoms with E-state index >= 15 is 0 Å². The minimum Gasteiger partial charge on any atom is -0.0654 e. The molecule has 0 aliphatic heterocycles. The Morgan fingerprint density at radius 3 is 1.67 bits per heavy atom. The molecule has 0 saturated carbocycles. The van der Waals surface area contributed by atoms with E-state index in [9.17, 15) is 0 Å². The third kappa shape index (κ3) is 9.36. The van der Waals surface area contributed by atoms with Crippen molar-refractivity contribution in [3.05, 3.63) is 0 Å². The first kappa shape index (κ1) is 27.0. The Labute approximate surface area is 174 Å². The van der Waals surface area contributed by atoms with Crippen molar-refractivity contribution in [1.82, 2.24) is 0 Å². The predicted molar refractivity (Wildman–Crippen MR) is 126 cm³/mol. The second kappa shape index (κ2) is 12.5. The Morgan fingerprint density at radius 2 is 1.19 bits per heavy atom. The second-order valence-corrected chi connectivity index (χ2v) is 11.5. The molecule has 0 fully saturated rings. The Hall–Kier alpha value is 0. The van der Waals surface area contributed by atoms with Gasteiger partial charge >= 0.3 is 0 Å². The summed E-state index contributed by atoms with van der Waals surface area (Å²) in [7, 11) is 0. The van der Waals surface area contributed by atoms with Crippen molar-refractivity contribution in [3.8, 4) is 0 Å². The summed E-state index contributed by atoms with van der Waals surface area (Å²) >= 11 is 0. The molecule has 27 heavy (non-hydrogen) atoms. The van der Waals surface area contributed by atoms with Crippen molar-refractivity contribution in [1.29, 1.82) is 0 Å². The Kier molecular flexibility index (Phi) is 12.5. The van der Waals surface area contributed by atoms with E-state index in [1.54, 1.807) is 0 Å². The molecule has 8 unspecified atom stereocenters. The predicted octanol–water partition coefficient (Wildman–Crippen LogP) is 9.48. The highest BCUT2D eigenvalue weighted by atomic mass is 14.4. The molecule has 0 N–H and O–H groups in total. The Bertz CT molecular complexity index is 368. The number of hydrogen-bond donors (Lipinski definition) is 0. The van der Waals surface area contributed by atoms with E-state index in [1.165, 1.54) is 38.5 Å². The lowest BCUT2D eigenvalue weighted by Crippen LogP contribution is -2.33. The SMILES string of the molecule is CCCC(C)C(C)CC(C)CC(C)CC(C)(C)C(C)C(C)C(C)C(C)CC. The monoisotopic (exact) mass is 380 g/mol. The van der Waals surface area contributed by atoms with Crippen molar-refractivity contribution in [2.24, 2.45) is 52.8 Å². The van der Waals surface area contributed by atoms with Gasteiger partial charge in [0, 0.05) is 0 Å². The molecule has 0 radical (unpaired) electrons. The van der Waals surface area contributed by atoms with Crippen LogP contribution in [0.1, 0.15) is 122 Å². The largest absolute Gasteiger partial charge is 0.0654 e. The summed E-state index contributed by atoms with van der Waals surface area (Å²) in [4.78, 5) is 0. The fraction of sp³-hybridized carbons (Fsp3) is 1.00. The van der Waals surface area contributed by atoms with Crippen molar-refractivity contribution in [3.63, 3.8) is 0 Å². The highest BCUT2D eigenvalue weighted by Crippen LogP contribution is 2.43. The van der Waals surface area contributed by atoms with Crippen LogP contribution >= 0.6 is 0 Å². The topological polar surface area (TPSA) is 0 Å². The molecule has 0 aromatic carbocycles. The van der Waals surface area contributed by atoms with Crippen molar-refractivity contribution >= 4 is 0 Å². The van der Waals surface area contributed by atoms with E-state index in [1.807, 2.05) is 0 Å².